The van der Waals surface area contributed by atoms with Gasteiger partial charge in [0.05, 0.1) is 19.2 Å². The molecule has 0 aromatic heterocycles. The Balaban J connectivity index is 1.23. The molecule has 3 saturated carbocycles. The van der Waals surface area contributed by atoms with E-state index in [9.17, 15) is 4.79 Å². The Bertz CT molecular complexity index is 977. The normalized spacial score (nSPS) is 29.1. The van der Waals surface area contributed by atoms with E-state index in [-0.39, 0.29) is 18.2 Å². The van der Waals surface area contributed by atoms with Gasteiger partial charge in [-0.3, -0.25) is 0 Å². The molecule has 0 radical (unpaired) electrons. The number of rotatable bonds is 5. The van der Waals surface area contributed by atoms with E-state index in [0.29, 0.717) is 41.0 Å². The summed E-state index contributed by atoms with van der Waals surface area (Å²) < 4.78 is 6.50. The lowest BCUT2D eigenvalue weighted by Crippen LogP contribution is -2.60. The number of ether oxygens (including phenoxy) is 1. The van der Waals surface area contributed by atoms with Crippen molar-refractivity contribution in [3.63, 3.8) is 0 Å². The monoisotopic (exact) mass is 500 g/mol. The molecule has 5 unspecified atom stereocenters. The maximum Gasteiger partial charge on any atom is 0.317 e. The van der Waals surface area contributed by atoms with Crippen LogP contribution in [0.3, 0.4) is 0 Å². The van der Waals surface area contributed by atoms with E-state index in [1.807, 2.05) is 53.4 Å². The van der Waals surface area contributed by atoms with Gasteiger partial charge in [-0.05, 0) is 61.5 Å². The maximum absolute atomic E-state index is 13.1. The SMILES string of the molecule is CC1CC2CC(C)C(C1)C(NC(=O)N1CC(OC(c3ccccc3Cl)c3ccccc3Cl)C1)C2. The number of likely N-dealkylation sites (tertiary alicyclic amines) is 1. The van der Waals surface area contributed by atoms with Crippen molar-refractivity contribution >= 4 is 29.2 Å². The van der Waals surface area contributed by atoms with Crippen molar-refractivity contribution in [1.29, 1.82) is 0 Å². The Morgan fingerprint density at radius 1 is 0.941 bits per heavy atom. The first-order chi connectivity index (χ1) is 16.4. The lowest BCUT2D eigenvalue weighted by atomic mass is 9.73. The number of halogens is 2. The van der Waals surface area contributed by atoms with Gasteiger partial charge in [-0.2, -0.15) is 0 Å². The number of hydrogen-bond acceptors (Lipinski definition) is 2. The molecule has 4 nitrogen and oxygen atoms in total. The zero-order valence-electron chi connectivity index (χ0n) is 19.9. The van der Waals surface area contributed by atoms with Crippen molar-refractivity contribution in [3.05, 3.63) is 69.7 Å². The molecule has 1 N–H and O–H groups in total. The smallest absolute Gasteiger partial charge is 0.317 e. The quantitative estimate of drug-likeness (QED) is 0.482. The fourth-order valence-corrected chi connectivity index (χ4v) is 6.90. The van der Waals surface area contributed by atoms with Crippen LogP contribution in [0.2, 0.25) is 10.0 Å². The topological polar surface area (TPSA) is 41.6 Å². The van der Waals surface area contributed by atoms with Gasteiger partial charge in [-0.15, -0.1) is 0 Å². The third-order valence-corrected chi connectivity index (χ3v) is 8.79. The van der Waals surface area contributed by atoms with Crippen molar-refractivity contribution in [2.24, 2.45) is 23.7 Å². The molecule has 5 atom stereocenters. The zero-order chi connectivity index (χ0) is 23.8. The highest BCUT2D eigenvalue weighted by atomic mass is 35.5. The number of benzene rings is 2. The molecule has 34 heavy (non-hydrogen) atoms. The number of nitrogens with one attached hydrogen (secondary N) is 1. The summed E-state index contributed by atoms with van der Waals surface area (Å²) in [5.41, 5.74) is 1.77. The predicted octanol–water partition coefficient (Wildman–Crippen LogP) is 6.95. The third kappa shape index (κ3) is 4.96. The van der Waals surface area contributed by atoms with E-state index in [1.54, 1.807) is 0 Å². The minimum absolute atomic E-state index is 0.0456. The largest absolute Gasteiger partial charge is 0.362 e. The van der Waals surface area contributed by atoms with Crippen LogP contribution in [-0.4, -0.2) is 36.2 Å². The summed E-state index contributed by atoms with van der Waals surface area (Å²) in [6, 6.07) is 15.8. The van der Waals surface area contributed by atoms with E-state index in [1.165, 1.54) is 19.3 Å². The minimum Gasteiger partial charge on any atom is -0.362 e. The van der Waals surface area contributed by atoms with Crippen molar-refractivity contribution in [1.82, 2.24) is 10.2 Å². The highest BCUT2D eigenvalue weighted by Crippen LogP contribution is 2.45. The van der Waals surface area contributed by atoms with Gasteiger partial charge in [-0.1, -0.05) is 73.4 Å². The summed E-state index contributed by atoms with van der Waals surface area (Å²) >= 11 is 13.0. The van der Waals surface area contributed by atoms with Crippen LogP contribution in [0.1, 0.15) is 56.8 Å². The van der Waals surface area contributed by atoms with Crippen LogP contribution in [0.15, 0.2) is 48.5 Å². The standard InChI is InChI=1S/C28H34Cl2N2O2/c1-17-11-19-13-18(2)23(12-17)26(14-19)31-28(33)32-15-20(16-32)34-27(21-7-3-5-9-24(21)29)22-8-4-6-10-25(22)30/h3-10,17-20,23,26-27H,11-16H2,1-2H3,(H,31,33). The molecular weight excluding hydrogens is 467 g/mol. The predicted molar refractivity (Wildman–Crippen MR) is 137 cm³/mol. The third-order valence-electron chi connectivity index (χ3n) is 8.10. The first kappa shape index (κ1) is 24.0. The molecule has 1 aliphatic heterocycles. The average Bonchev–Trinajstić information content (AvgIpc) is 3.01. The van der Waals surface area contributed by atoms with Crippen LogP contribution >= 0.6 is 23.2 Å². The molecule has 4 fully saturated rings. The summed E-state index contributed by atoms with van der Waals surface area (Å²) in [4.78, 5) is 14.9. The van der Waals surface area contributed by atoms with Gasteiger partial charge >= 0.3 is 6.03 Å². The molecule has 6 rings (SSSR count). The van der Waals surface area contributed by atoms with Gasteiger partial charge in [0.2, 0.25) is 0 Å². The zero-order valence-corrected chi connectivity index (χ0v) is 21.4. The lowest BCUT2D eigenvalue weighted by Gasteiger charge is -2.43. The number of nitrogens with zero attached hydrogens (tertiary/aromatic N) is 1. The first-order valence-corrected chi connectivity index (χ1v) is 13.3. The summed E-state index contributed by atoms with van der Waals surface area (Å²) in [7, 11) is 0. The average molecular weight is 501 g/mol. The van der Waals surface area contributed by atoms with Crippen molar-refractivity contribution in [2.75, 3.05) is 13.1 Å². The van der Waals surface area contributed by atoms with Crippen molar-refractivity contribution in [2.45, 2.75) is 57.8 Å². The fourth-order valence-electron chi connectivity index (χ4n) is 6.43. The summed E-state index contributed by atoms with van der Waals surface area (Å²) in [6.45, 7) is 5.88. The summed E-state index contributed by atoms with van der Waals surface area (Å²) in [5.74, 6) is 2.79. The molecule has 0 spiro atoms. The molecule has 2 bridgehead atoms. The Morgan fingerprint density at radius 2 is 1.56 bits per heavy atom. The second kappa shape index (κ2) is 10.1. The molecular formula is C28H34Cl2N2O2. The van der Waals surface area contributed by atoms with E-state index >= 15 is 0 Å². The second-order valence-electron chi connectivity index (χ2n) is 10.7. The number of carbonyl (C=O) groups is 1. The lowest BCUT2D eigenvalue weighted by molar-refractivity contribution is -0.0652. The maximum atomic E-state index is 13.1. The van der Waals surface area contributed by atoms with Crippen LogP contribution in [0.25, 0.3) is 0 Å². The molecule has 1 saturated heterocycles. The van der Waals surface area contributed by atoms with Gasteiger partial charge < -0.3 is 15.0 Å². The van der Waals surface area contributed by atoms with Crippen LogP contribution in [0, 0.1) is 23.7 Å². The van der Waals surface area contributed by atoms with Gasteiger partial charge in [0, 0.05) is 27.2 Å². The molecule has 2 aromatic carbocycles. The molecule has 2 amide bonds. The van der Waals surface area contributed by atoms with E-state index in [2.05, 4.69) is 19.2 Å². The highest BCUT2D eigenvalue weighted by Gasteiger charge is 2.42. The minimum atomic E-state index is -0.377. The van der Waals surface area contributed by atoms with E-state index < -0.39 is 0 Å². The second-order valence-corrected chi connectivity index (χ2v) is 11.5. The van der Waals surface area contributed by atoms with Gasteiger partial charge in [0.25, 0.3) is 0 Å². The number of fused-ring (bicyclic) bond motifs is 4. The Hall–Kier alpha value is -1.75. The summed E-state index contributed by atoms with van der Waals surface area (Å²) in [6.07, 6.45) is 4.53. The van der Waals surface area contributed by atoms with E-state index in [4.69, 9.17) is 27.9 Å². The van der Waals surface area contributed by atoms with Crippen molar-refractivity contribution in [3.8, 4) is 0 Å². The van der Waals surface area contributed by atoms with E-state index in [0.717, 1.165) is 29.4 Å². The Kier molecular flexibility index (Phi) is 7.11. The molecule has 182 valence electrons. The number of amides is 2. The molecule has 1 heterocycles. The van der Waals surface area contributed by atoms with Gasteiger partial charge in [0.15, 0.2) is 0 Å². The highest BCUT2D eigenvalue weighted by molar-refractivity contribution is 6.32. The van der Waals surface area contributed by atoms with Gasteiger partial charge in [0.1, 0.15) is 6.10 Å². The van der Waals surface area contributed by atoms with Crippen molar-refractivity contribution < 1.29 is 9.53 Å². The van der Waals surface area contributed by atoms with Crippen LogP contribution in [0.4, 0.5) is 4.79 Å². The van der Waals surface area contributed by atoms with Gasteiger partial charge in [-0.25, -0.2) is 4.79 Å². The molecule has 4 aliphatic rings. The number of urea groups is 1. The fraction of sp³-hybridized carbons (Fsp3) is 0.536. The molecule has 3 aliphatic carbocycles. The van der Waals surface area contributed by atoms with Crippen LogP contribution in [0.5, 0.6) is 0 Å². The van der Waals surface area contributed by atoms with Crippen LogP contribution in [-0.2, 0) is 4.74 Å². The van der Waals surface area contributed by atoms with Crippen LogP contribution < -0.4 is 5.32 Å². The number of carbonyl (C=O) groups excluding carboxylic acids is 1. The number of hydrogen-bond donors (Lipinski definition) is 1. The Labute approximate surface area is 213 Å². The Morgan fingerprint density at radius 3 is 2.18 bits per heavy atom. The molecule has 6 heteroatoms. The first-order valence-electron chi connectivity index (χ1n) is 12.6. The summed E-state index contributed by atoms with van der Waals surface area (Å²) in [5, 5.41) is 4.68. The molecule has 2 aromatic rings.